The van der Waals surface area contributed by atoms with Gasteiger partial charge in [-0.25, -0.2) is 4.39 Å². The van der Waals surface area contributed by atoms with Crippen LogP contribution in [-0.2, 0) is 4.79 Å². The first-order valence-corrected chi connectivity index (χ1v) is 9.29. The van der Waals surface area contributed by atoms with Crippen LogP contribution in [0.3, 0.4) is 0 Å². The van der Waals surface area contributed by atoms with Crippen LogP contribution in [0.2, 0.25) is 0 Å². The maximum atomic E-state index is 13.0. The molecule has 1 aliphatic rings. The van der Waals surface area contributed by atoms with E-state index in [1.54, 1.807) is 24.3 Å². The molecule has 0 radical (unpaired) electrons. The number of benzene rings is 3. The average molecular weight is 413 g/mol. The Hall–Kier alpha value is -2.89. The van der Waals surface area contributed by atoms with Gasteiger partial charge in [-0.15, -0.1) is 12.4 Å². The SMILES string of the molecule is Cl.O=C(Nc1cccc(Oc2ccc(F)cc2)c1)[C@H]1CNC[C@@H]1c1ccccc1. The molecule has 0 aliphatic carbocycles. The fourth-order valence-corrected chi connectivity index (χ4v) is 3.52. The van der Waals surface area contributed by atoms with E-state index in [1.165, 1.54) is 17.7 Å². The summed E-state index contributed by atoms with van der Waals surface area (Å²) < 4.78 is 18.8. The van der Waals surface area contributed by atoms with E-state index in [1.807, 2.05) is 30.3 Å². The summed E-state index contributed by atoms with van der Waals surface area (Å²) >= 11 is 0. The van der Waals surface area contributed by atoms with Crippen molar-refractivity contribution in [2.75, 3.05) is 18.4 Å². The first-order valence-electron chi connectivity index (χ1n) is 9.29. The number of carbonyl (C=O) groups excluding carboxylic acids is 1. The molecule has 1 aliphatic heterocycles. The van der Waals surface area contributed by atoms with Crippen LogP contribution in [0.15, 0.2) is 78.9 Å². The van der Waals surface area contributed by atoms with E-state index in [0.717, 1.165) is 6.54 Å². The maximum absolute atomic E-state index is 13.0. The van der Waals surface area contributed by atoms with Gasteiger partial charge in [0, 0.05) is 30.8 Å². The van der Waals surface area contributed by atoms with Crippen molar-refractivity contribution in [1.82, 2.24) is 5.32 Å². The number of amides is 1. The van der Waals surface area contributed by atoms with Crippen molar-refractivity contribution < 1.29 is 13.9 Å². The summed E-state index contributed by atoms with van der Waals surface area (Å²) in [7, 11) is 0. The minimum atomic E-state index is -0.313. The zero-order valence-corrected chi connectivity index (χ0v) is 16.5. The number of hydrogen-bond donors (Lipinski definition) is 2. The second kappa shape index (κ2) is 9.54. The number of nitrogens with one attached hydrogen (secondary N) is 2. The standard InChI is InChI=1S/C23H21FN2O2.ClH/c24-17-9-11-19(12-10-17)28-20-8-4-7-18(13-20)26-23(27)22-15-25-14-21(22)16-5-2-1-3-6-16;/h1-13,21-22,25H,14-15H2,(H,26,27);1H/t21-,22+;/m1./s1. The second-order valence-corrected chi connectivity index (χ2v) is 6.85. The molecule has 150 valence electrons. The molecule has 2 N–H and O–H groups in total. The molecule has 4 nitrogen and oxygen atoms in total. The summed E-state index contributed by atoms with van der Waals surface area (Å²) in [5.41, 5.74) is 1.84. The molecule has 6 heteroatoms. The van der Waals surface area contributed by atoms with Gasteiger partial charge in [0.1, 0.15) is 17.3 Å². The van der Waals surface area contributed by atoms with Crippen LogP contribution >= 0.6 is 12.4 Å². The van der Waals surface area contributed by atoms with Crippen molar-refractivity contribution in [2.45, 2.75) is 5.92 Å². The van der Waals surface area contributed by atoms with Crippen molar-refractivity contribution >= 4 is 24.0 Å². The molecule has 0 spiro atoms. The van der Waals surface area contributed by atoms with E-state index in [9.17, 15) is 9.18 Å². The van der Waals surface area contributed by atoms with Crippen LogP contribution in [-0.4, -0.2) is 19.0 Å². The van der Waals surface area contributed by atoms with Crippen LogP contribution in [0.25, 0.3) is 0 Å². The monoisotopic (exact) mass is 412 g/mol. The molecule has 0 saturated carbocycles. The lowest BCUT2D eigenvalue weighted by Gasteiger charge is -2.19. The smallest absolute Gasteiger partial charge is 0.229 e. The molecule has 0 bridgehead atoms. The number of hydrogen-bond acceptors (Lipinski definition) is 3. The lowest BCUT2D eigenvalue weighted by atomic mass is 9.88. The van der Waals surface area contributed by atoms with Crippen LogP contribution in [0, 0.1) is 11.7 Å². The quantitative estimate of drug-likeness (QED) is 0.621. The summed E-state index contributed by atoms with van der Waals surface area (Å²) in [5, 5.41) is 6.32. The molecule has 1 fully saturated rings. The van der Waals surface area contributed by atoms with Crippen molar-refractivity contribution in [2.24, 2.45) is 5.92 Å². The van der Waals surface area contributed by atoms with E-state index in [4.69, 9.17) is 4.74 Å². The summed E-state index contributed by atoms with van der Waals surface area (Å²) in [6.07, 6.45) is 0. The fraction of sp³-hybridized carbons (Fsp3) is 0.174. The Balaban J connectivity index is 0.00000240. The highest BCUT2D eigenvalue weighted by Crippen LogP contribution is 2.30. The van der Waals surface area contributed by atoms with Crippen LogP contribution < -0.4 is 15.4 Å². The first kappa shape index (κ1) is 20.8. The van der Waals surface area contributed by atoms with Gasteiger partial charge < -0.3 is 15.4 Å². The number of carbonyl (C=O) groups is 1. The highest BCUT2D eigenvalue weighted by atomic mass is 35.5. The third-order valence-electron chi connectivity index (χ3n) is 4.93. The Morgan fingerprint density at radius 1 is 0.931 bits per heavy atom. The zero-order valence-electron chi connectivity index (χ0n) is 15.7. The summed E-state index contributed by atoms with van der Waals surface area (Å²) in [4.78, 5) is 12.9. The van der Waals surface area contributed by atoms with Gasteiger partial charge in [-0.2, -0.15) is 0 Å². The Morgan fingerprint density at radius 3 is 2.45 bits per heavy atom. The molecule has 3 aromatic carbocycles. The van der Waals surface area contributed by atoms with Crippen LogP contribution in [0.4, 0.5) is 10.1 Å². The lowest BCUT2D eigenvalue weighted by molar-refractivity contribution is -0.119. The third kappa shape index (κ3) is 5.13. The predicted octanol–water partition coefficient (Wildman–Crippen LogP) is 4.98. The van der Waals surface area contributed by atoms with Gasteiger partial charge in [0.25, 0.3) is 0 Å². The number of rotatable bonds is 5. The zero-order chi connectivity index (χ0) is 19.3. The van der Waals surface area contributed by atoms with E-state index in [2.05, 4.69) is 22.8 Å². The summed E-state index contributed by atoms with van der Waals surface area (Å²) in [6, 6.07) is 23.1. The highest BCUT2D eigenvalue weighted by Gasteiger charge is 2.33. The molecule has 29 heavy (non-hydrogen) atoms. The molecule has 0 aromatic heterocycles. The molecule has 4 rings (SSSR count). The van der Waals surface area contributed by atoms with Gasteiger partial charge in [0.2, 0.25) is 5.91 Å². The molecule has 2 atom stereocenters. The molecular formula is C23H22ClFN2O2. The van der Waals surface area contributed by atoms with E-state index >= 15 is 0 Å². The van der Waals surface area contributed by atoms with Crippen molar-refractivity contribution in [3.8, 4) is 11.5 Å². The maximum Gasteiger partial charge on any atom is 0.229 e. The largest absolute Gasteiger partial charge is 0.457 e. The Morgan fingerprint density at radius 2 is 1.69 bits per heavy atom. The molecular weight excluding hydrogens is 391 g/mol. The Kier molecular flexibility index (Phi) is 6.86. The van der Waals surface area contributed by atoms with Gasteiger partial charge in [0.05, 0.1) is 5.92 Å². The number of ether oxygens (including phenoxy) is 1. The van der Waals surface area contributed by atoms with Gasteiger partial charge in [-0.1, -0.05) is 36.4 Å². The van der Waals surface area contributed by atoms with Gasteiger partial charge in [-0.05, 0) is 42.0 Å². The molecule has 1 heterocycles. The van der Waals surface area contributed by atoms with E-state index < -0.39 is 0 Å². The van der Waals surface area contributed by atoms with Crippen molar-refractivity contribution in [1.29, 1.82) is 0 Å². The Bertz CT molecular complexity index is 951. The second-order valence-electron chi connectivity index (χ2n) is 6.85. The van der Waals surface area contributed by atoms with E-state index in [-0.39, 0.29) is 36.0 Å². The topological polar surface area (TPSA) is 50.4 Å². The first-order chi connectivity index (χ1) is 13.7. The fourth-order valence-electron chi connectivity index (χ4n) is 3.52. The van der Waals surface area contributed by atoms with E-state index in [0.29, 0.717) is 23.7 Å². The molecule has 0 unspecified atom stereocenters. The molecule has 1 saturated heterocycles. The van der Waals surface area contributed by atoms with Gasteiger partial charge in [0.15, 0.2) is 0 Å². The van der Waals surface area contributed by atoms with Gasteiger partial charge >= 0.3 is 0 Å². The number of anilines is 1. The van der Waals surface area contributed by atoms with Crippen LogP contribution in [0.1, 0.15) is 11.5 Å². The minimum absolute atomic E-state index is 0. The lowest BCUT2D eigenvalue weighted by Crippen LogP contribution is -2.28. The highest BCUT2D eigenvalue weighted by molar-refractivity contribution is 5.93. The average Bonchev–Trinajstić information content (AvgIpc) is 3.21. The summed E-state index contributed by atoms with van der Waals surface area (Å²) in [6.45, 7) is 1.44. The molecule has 3 aromatic rings. The Labute approximate surface area is 175 Å². The third-order valence-corrected chi connectivity index (χ3v) is 4.93. The number of halogens is 2. The van der Waals surface area contributed by atoms with Crippen molar-refractivity contribution in [3.05, 3.63) is 90.2 Å². The van der Waals surface area contributed by atoms with Crippen LogP contribution in [0.5, 0.6) is 11.5 Å². The molecule has 1 amide bonds. The minimum Gasteiger partial charge on any atom is -0.457 e. The summed E-state index contributed by atoms with van der Waals surface area (Å²) in [5.74, 6) is 0.802. The predicted molar refractivity (Wildman–Crippen MR) is 114 cm³/mol. The van der Waals surface area contributed by atoms with Crippen molar-refractivity contribution in [3.63, 3.8) is 0 Å². The van der Waals surface area contributed by atoms with Gasteiger partial charge in [-0.3, -0.25) is 4.79 Å². The normalized spacial score (nSPS) is 18.0.